The second-order valence-electron chi connectivity index (χ2n) is 10.9. The fourth-order valence-corrected chi connectivity index (χ4v) is 8.01. The fraction of sp³-hybridized carbons (Fsp3) is 0.480. The van der Waals surface area contributed by atoms with Crippen LogP contribution in [0.25, 0.3) is 5.69 Å². The SMILES string of the molecule is Cc1ccc(N2CC3(CC(c4nnc5n4-c4ccc(Cl)cc4CN(C4CS(=O)(=O)C4)C5)C3)C2)nc1. The Hall–Kier alpha value is -2.49. The molecule has 2 saturated heterocycles. The summed E-state index contributed by atoms with van der Waals surface area (Å²) in [5.41, 5.74) is 3.67. The third-order valence-corrected chi connectivity index (χ3v) is 10.2. The van der Waals surface area contributed by atoms with Gasteiger partial charge in [-0.3, -0.25) is 9.47 Å². The molecule has 2 aromatic heterocycles. The highest BCUT2D eigenvalue weighted by molar-refractivity contribution is 7.92. The van der Waals surface area contributed by atoms with Crippen LogP contribution < -0.4 is 4.90 Å². The predicted molar refractivity (Wildman–Crippen MR) is 134 cm³/mol. The molecule has 35 heavy (non-hydrogen) atoms. The molecule has 0 unspecified atom stereocenters. The Labute approximate surface area is 209 Å². The highest BCUT2D eigenvalue weighted by Crippen LogP contribution is 2.56. The summed E-state index contributed by atoms with van der Waals surface area (Å²) < 4.78 is 25.9. The van der Waals surface area contributed by atoms with E-state index in [4.69, 9.17) is 11.6 Å². The quantitative estimate of drug-likeness (QED) is 0.535. The Bertz CT molecular complexity index is 1410. The number of hydrogen-bond donors (Lipinski definition) is 0. The van der Waals surface area contributed by atoms with Gasteiger partial charge in [-0.05, 0) is 55.2 Å². The normalized spacial score (nSPS) is 23.1. The molecule has 0 bridgehead atoms. The summed E-state index contributed by atoms with van der Waals surface area (Å²) in [6, 6.07) is 10.2. The molecule has 4 aliphatic rings. The lowest BCUT2D eigenvalue weighted by molar-refractivity contribution is 0.0581. The van der Waals surface area contributed by atoms with Gasteiger partial charge in [0.1, 0.15) is 11.6 Å². The van der Waals surface area contributed by atoms with Crippen molar-refractivity contribution in [1.29, 1.82) is 0 Å². The van der Waals surface area contributed by atoms with E-state index < -0.39 is 9.84 Å². The minimum atomic E-state index is -2.91. The Balaban J connectivity index is 1.14. The molecule has 5 heterocycles. The number of hydrogen-bond acceptors (Lipinski definition) is 7. The van der Waals surface area contributed by atoms with Crippen molar-refractivity contribution in [3.8, 4) is 5.69 Å². The minimum absolute atomic E-state index is 0.0156. The molecule has 10 heteroatoms. The van der Waals surface area contributed by atoms with Gasteiger partial charge in [0.25, 0.3) is 0 Å². The van der Waals surface area contributed by atoms with Crippen LogP contribution in [0.5, 0.6) is 0 Å². The Kier molecular flexibility index (Phi) is 4.67. The second kappa shape index (κ2) is 7.51. The van der Waals surface area contributed by atoms with Crippen molar-refractivity contribution in [1.82, 2.24) is 24.6 Å². The average molecular weight is 511 g/mol. The van der Waals surface area contributed by atoms with Crippen LogP contribution in [0.3, 0.4) is 0 Å². The van der Waals surface area contributed by atoms with Crippen LogP contribution in [0.15, 0.2) is 36.5 Å². The summed E-state index contributed by atoms with van der Waals surface area (Å²) >= 11 is 6.36. The molecule has 7 rings (SSSR count). The van der Waals surface area contributed by atoms with Gasteiger partial charge in [0, 0.05) is 48.2 Å². The molecule has 1 saturated carbocycles. The van der Waals surface area contributed by atoms with Crippen molar-refractivity contribution >= 4 is 27.3 Å². The standard InChI is InChI=1S/C25H27ClN6O2S/c1-16-2-5-22(27-9-16)31-14-25(15-31)7-18(8-25)24-29-28-23-11-30(20-12-35(33,34)13-20)10-17-6-19(26)3-4-21(17)32(23)24/h2-6,9,18,20H,7-8,10-15H2,1H3. The van der Waals surface area contributed by atoms with Gasteiger partial charge in [-0.25, -0.2) is 13.4 Å². The van der Waals surface area contributed by atoms with E-state index in [1.54, 1.807) is 0 Å². The maximum atomic E-state index is 11.8. The van der Waals surface area contributed by atoms with Crippen molar-refractivity contribution in [2.75, 3.05) is 29.5 Å². The lowest BCUT2D eigenvalue weighted by Crippen LogP contribution is -2.62. The molecule has 3 aromatic rings. The molecule has 1 spiro atoms. The largest absolute Gasteiger partial charge is 0.355 e. The van der Waals surface area contributed by atoms with Crippen LogP contribution in [0.4, 0.5) is 5.82 Å². The number of anilines is 1. The topological polar surface area (TPSA) is 84.2 Å². The van der Waals surface area contributed by atoms with Crippen LogP contribution in [-0.4, -0.2) is 63.7 Å². The van der Waals surface area contributed by atoms with Gasteiger partial charge in [-0.1, -0.05) is 17.7 Å². The summed E-state index contributed by atoms with van der Waals surface area (Å²) in [7, 11) is -2.91. The number of halogens is 1. The lowest BCUT2D eigenvalue weighted by atomic mass is 9.57. The molecule has 182 valence electrons. The zero-order valence-corrected chi connectivity index (χ0v) is 21.1. The van der Waals surface area contributed by atoms with E-state index >= 15 is 0 Å². The first-order valence-corrected chi connectivity index (χ1v) is 14.3. The van der Waals surface area contributed by atoms with Crippen LogP contribution in [-0.2, 0) is 22.9 Å². The number of fused-ring (bicyclic) bond motifs is 3. The molecule has 0 amide bonds. The Morgan fingerprint density at radius 1 is 1.06 bits per heavy atom. The van der Waals surface area contributed by atoms with Crippen LogP contribution in [0.1, 0.15) is 41.5 Å². The minimum Gasteiger partial charge on any atom is -0.355 e. The maximum Gasteiger partial charge on any atom is 0.153 e. The molecular weight excluding hydrogens is 484 g/mol. The number of aromatic nitrogens is 4. The average Bonchev–Trinajstić information content (AvgIpc) is 3.06. The van der Waals surface area contributed by atoms with Crippen molar-refractivity contribution in [3.05, 3.63) is 64.3 Å². The number of benzene rings is 1. The van der Waals surface area contributed by atoms with Gasteiger partial charge in [0.15, 0.2) is 15.7 Å². The number of aryl methyl sites for hydroxylation is 1. The third kappa shape index (κ3) is 3.58. The summed E-state index contributed by atoms with van der Waals surface area (Å²) in [5, 5.41) is 9.95. The van der Waals surface area contributed by atoms with E-state index in [-0.39, 0.29) is 17.5 Å². The van der Waals surface area contributed by atoms with Gasteiger partial charge in [0.05, 0.1) is 23.7 Å². The van der Waals surface area contributed by atoms with Crippen molar-refractivity contribution in [2.24, 2.45) is 5.41 Å². The molecule has 0 atom stereocenters. The summed E-state index contributed by atoms with van der Waals surface area (Å²) in [5.74, 6) is 3.74. The molecule has 0 radical (unpaired) electrons. The van der Waals surface area contributed by atoms with Crippen molar-refractivity contribution in [2.45, 2.75) is 44.8 Å². The van der Waals surface area contributed by atoms with Crippen LogP contribution in [0, 0.1) is 12.3 Å². The molecule has 3 fully saturated rings. The van der Waals surface area contributed by atoms with Crippen molar-refractivity contribution < 1.29 is 8.42 Å². The van der Waals surface area contributed by atoms with Gasteiger partial charge in [0.2, 0.25) is 0 Å². The Morgan fingerprint density at radius 3 is 2.57 bits per heavy atom. The van der Waals surface area contributed by atoms with E-state index in [1.165, 1.54) is 5.56 Å². The molecular formula is C25H27ClN6O2S. The zero-order chi connectivity index (χ0) is 23.9. The fourth-order valence-electron chi connectivity index (χ4n) is 6.32. The first kappa shape index (κ1) is 21.8. The third-order valence-electron chi connectivity index (χ3n) is 8.16. The highest BCUT2D eigenvalue weighted by atomic mass is 35.5. The first-order chi connectivity index (χ1) is 16.8. The van der Waals surface area contributed by atoms with Crippen molar-refractivity contribution in [3.63, 3.8) is 0 Å². The van der Waals surface area contributed by atoms with E-state index in [2.05, 4.69) is 54.7 Å². The summed E-state index contributed by atoms with van der Waals surface area (Å²) in [6.07, 6.45) is 4.13. The van der Waals surface area contributed by atoms with Crippen LogP contribution in [0.2, 0.25) is 5.02 Å². The molecule has 1 aromatic carbocycles. The monoisotopic (exact) mass is 510 g/mol. The second-order valence-corrected chi connectivity index (χ2v) is 13.5. The number of nitrogens with zero attached hydrogens (tertiary/aromatic N) is 6. The molecule has 8 nitrogen and oxygen atoms in total. The molecule has 0 N–H and O–H groups in total. The van der Waals surface area contributed by atoms with E-state index in [9.17, 15) is 8.42 Å². The van der Waals surface area contributed by atoms with E-state index in [0.717, 1.165) is 54.6 Å². The van der Waals surface area contributed by atoms with Gasteiger partial charge >= 0.3 is 0 Å². The maximum absolute atomic E-state index is 11.8. The number of pyridine rings is 1. The number of sulfone groups is 1. The van der Waals surface area contributed by atoms with E-state index in [1.807, 2.05) is 18.3 Å². The zero-order valence-electron chi connectivity index (χ0n) is 19.6. The first-order valence-electron chi connectivity index (χ1n) is 12.1. The van der Waals surface area contributed by atoms with E-state index in [0.29, 0.717) is 29.4 Å². The molecule has 3 aliphatic heterocycles. The van der Waals surface area contributed by atoms with Gasteiger partial charge < -0.3 is 4.90 Å². The van der Waals surface area contributed by atoms with Gasteiger partial charge in [-0.2, -0.15) is 0 Å². The highest BCUT2D eigenvalue weighted by Gasteiger charge is 2.54. The summed E-state index contributed by atoms with van der Waals surface area (Å²) in [4.78, 5) is 9.16. The smallest absolute Gasteiger partial charge is 0.153 e. The lowest BCUT2D eigenvalue weighted by Gasteiger charge is -2.59. The van der Waals surface area contributed by atoms with Gasteiger partial charge in [-0.15, -0.1) is 10.2 Å². The number of rotatable bonds is 3. The summed E-state index contributed by atoms with van der Waals surface area (Å²) in [6.45, 7) is 5.38. The predicted octanol–water partition coefficient (Wildman–Crippen LogP) is 3.12. The molecule has 1 aliphatic carbocycles. The Morgan fingerprint density at radius 2 is 1.86 bits per heavy atom. The van der Waals surface area contributed by atoms with Crippen LogP contribution >= 0.6 is 11.6 Å².